The Morgan fingerprint density at radius 2 is 1.96 bits per heavy atom. The maximum absolute atomic E-state index is 12.2. The van der Waals surface area contributed by atoms with Crippen LogP contribution in [0.2, 0.25) is 5.02 Å². The highest BCUT2D eigenvalue weighted by atomic mass is 35.5. The molecule has 7 nitrogen and oxygen atoms in total. The number of nitrogens with zero attached hydrogens (tertiary/aromatic N) is 3. The number of carbonyl (C=O) groups is 1. The number of hydrogen-bond acceptors (Lipinski definition) is 6. The van der Waals surface area contributed by atoms with E-state index in [1.54, 1.807) is 38.4 Å². The smallest absolute Gasteiger partial charge is 0.260 e. The van der Waals surface area contributed by atoms with E-state index < -0.39 is 0 Å². The predicted octanol–water partition coefficient (Wildman–Crippen LogP) is 3.44. The number of hydrogen-bond donors (Lipinski definition) is 0. The minimum absolute atomic E-state index is 0.117. The van der Waals surface area contributed by atoms with Crippen molar-refractivity contribution in [3.05, 3.63) is 59.4 Å². The number of benzene rings is 2. The zero-order valence-corrected chi connectivity index (χ0v) is 15.6. The fourth-order valence-corrected chi connectivity index (χ4v) is 2.48. The fourth-order valence-electron chi connectivity index (χ4n) is 2.30. The van der Waals surface area contributed by atoms with Crippen molar-refractivity contribution < 1.29 is 18.8 Å². The Balaban J connectivity index is 1.58. The first kappa shape index (κ1) is 18.7. The number of halogens is 1. The van der Waals surface area contributed by atoms with Crippen molar-refractivity contribution in [3.8, 4) is 22.9 Å². The van der Waals surface area contributed by atoms with Crippen LogP contribution >= 0.6 is 11.6 Å². The number of likely N-dealkylation sites (N-methyl/N-ethyl adjacent to an activating group) is 1. The number of rotatable bonds is 7. The molecule has 0 radical (unpaired) electrons. The normalized spacial score (nSPS) is 10.5. The summed E-state index contributed by atoms with van der Waals surface area (Å²) in [6.45, 7) is 0.0580. The van der Waals surface area contributed by atoms with Crippen molar-refractivity contribution in [2.24, 2.45) is 0 Å². The molecule has 0 fully saturated rings. The molecule has 0 N–H and O–H groups in total. The second kappa shape index (κ2) is 8.55. The van der Waals surface area contributed by atoms with E-state index >= 15 is 0 Å². The highest BCUT2D eigenvalue weighted by molar-refractivity contribution is 6.30. The van der Waals surface area contributed by atoms with Crippen LogP contribution in [0.15, 0.2) is 53.1 Å². The zero-order chi connectivity index (χ0) is 19.2. The van der Waals surface area contributed by atoms with Gasteiger partial charge in [0, 0.05) is 17.6 Å². The van der Waals surface area contributed by atoms with Crippen LogP contribution in [0, 0.1) is 0 Å². The monoisotopic (exact) mass is 387 g/mol. The molecule has 1 aromatic heterocycles. The number of amides is 1. The molecule has 0 saturated heterocycles. The van der Waals surface area contributed by atoms with E-state index in [2.05, 4.69) is 10.1 Å². The third-order valence-electron chi connectivity index (χ3n) is 3.75. The molecule has 2 aromatic carbocycles. The van der Waals surface area contributed by atoms with Gasteiger partial charge in [-0.3, -0.25) is 4.79 Å². The molecule has 0 atom stereocenters. The van der Waals surface area contributed by atoms with Crippen LogP contribution in [0.5, 0.6) is 11.5 Å². The molecule has 0 aliphatic heterocycles. The summed E-state index contributed by atoms with van der Waals surface area (Å²) in [6.07, 6.45) is 0. The quantitative estimate of drug-likeness (QED) is 0.618. The fraction of sp³-hybridized carbons (Fsp3) is 0.211. The zero-order valence-electron chi connectivity index (χ0n) is 14.9. The molecular formula is C19H18ClN3O4. The summed E-state index contributed by atoms with van der Waals surface area (Å²) in [4.78, 5) is 18.0. The van der Waals surface area contributed by atoms with Gasteiger partial charge in [-0.1, -0.05) is 35.0 Å². The predicted molar refractivity (Wildman–Crippen MR) is 99.7 cm³/mol. The lowest BCUT2D eigenvalue weighted by atomic mass is 10.2. The molecule has 1 amide bonds. The Hall–Kier alpha value is -3.06. The molecule has 8 heteroatoms. The van der Waals surface area contributed by atoms with Gasteiger partial charge in [0.25, 0.3) is 5.91 Å². The highest BCUT2D eigenvalue weighted by Crippen LogP contribution is 2.21. The van der Waals surface area contributed by atoms with Gasteiger partial charge in [-0.2, -0.15) is 4.98 Å². The minimum Gasteiger partial charge on any atom is -0.497 e. The van der Waals surface area contributed by atoms with Crippen molar-refractivity contribution in [2.45, 2.75) is 6.54 Å². The average molecular weight is 388 g/mol. The van der Waals surface area contributed by atoms with Crippen molar-refractivity contribution in [1.82, 2.24) is 15.0 Å². The maximum atomic E-state index is 12.2. The van der Waals surface area contributed by atoms with E-state index in [0.717, 1.165) is 5.56 Å². The Morgan fingerprint density at radius 3 is 2.74 bits per heavy atom. The van der Waals surface area contributed by atoms with E-state index in [-0.39, 0.29) is 19.1 Å². The van der Waals surface area contributed by atoms with E-state index in [4.69, 9.17) is 25.6 Å². The molecule has 0 bridgehead atoms. The van der Waals surface area contributed by atoms with Crippen LogP contribution in [0.4, 0.5) is 0 Å². The first-order valence-corrected chi connectivity index (χ1v) is 8.52. The van der Waals surface area contributed by atoms with Crippen LogP contribution < -0.4 is 9.47 Å². The van der Waals surface area contributed by atoms with E-state index in [1.165, 1.54) is 4.90 Å². The van der Waals surface area contributed by atoms with Crippen molar-refractivity contribution >= 4 is 17.5 Å². The number of carbonyl (C=O) groups excluding carboxylic acids is 1. The molecular weight excluding hydrogens is 370 g/mol. The molecule has 3 aromatic rings. The topological polar surface area (TPSA) is 77.7 Å². The van der Waals surface area contributed by atoms with Gasteiger partial charge < -0.3 is 18.9 Å². The lowest BCUT2D eigenvalue weighted by molar-refractivity contribution is -0.132. The lowest BCUT2D eigenvalue weighted by Gasteiger charge is -2.15. The molecule has 1 heterocycles. The molecule has 0 aliphatic rings. The van der Waals surface area contributed by atoms with Gasteiger partial charge in [0.05, 0.1) is 13.7 Å². The van der Waals surface area contributed by atoms with Crippen LogP contribution in [0.3, 0.4) is 0 Å². The third-order valence-corrected chi connectivity index (χ3v) is 3.99. The van der Waals surface area contributed by atoms with Gasteiger partial charge in [-0.25, -0.2) is 0 Å². The van der Waals surface area contributed by atoms with Gasteiger partial charge in [0.2, 0.25) is 11.7 Å². The standard InChI is InChI=1S/C19H18ClN3O4/c1-23(18(24)12-26-16-8-4-6-14(20)10-16)11-17-21-19(22-27-17)13-5-3-7-15(9-13)25-2/h3-10H,11-12H2,1-2H3. The summed E-state index contributed by atoms with van der Waals surface area (Å²) in [7, 11) is 3.23. The average Bonchev–Trinajstić information content (AvgIpc) is 3.14. The number of ether oxygens (including phenoxy) is 2. The first-order valence-electron chi connectivity index (χ1n) is 8.14. The number of methoxy groups -OCH3 is 1. The summed E-state index contributed by atoms with van der Waals surface area (Å²) in [5.74, 6) is 1.76. The maximum Gasteiger partial charge on any atom is 0.260 e. The highest BCUT2D eigenvalue weighted by Gasteiger charge is 2.15. The Bertz CT molecular complexity index is 929. The summed E-state index contributed by atoms with van der Waals surface area (Å²) in [5, 5.41) is 4.50. The van der Waals surface area contributed by atoms with E-state index in [9.17, 15) is 4.79 Å². The first-order chi connectivity index (χ1) is 13.0. The number of aromatic nitrogens is 2. The van der Waals surface area contributed by atoms with Crippen molar-refractivity contribution in [1.29, 1.82) is 0 Å². The van der Waals surface area contributed by atoms with Gasteiger partial charge in [-0.05, 0) is 30.3 Å². The lowest BCUT2D eigenvalue weighted by Crippen LogP contribution is -2.31. The molecule has 3 rings (SSSR count). The van der Waals surface area contributed by atoms with Crippen LogP contribution in [-0.2, 0) is 11.3 Å². The Kier molecular flexibility index (Phi) is 5.93. The Labute approximate surface area is 161 Å². The molecule has 0 aliphatic carbocycles. The van der Waals surface area contributed by atoms with Crippen molar-refractivity contribution in [2.75, 3.05) is 20.8 Å². The minimum atomic E-state index is -0.226. The van der Waals surface area contributed by atoms with Crippen LogP contribution in [0.1, 0.15) is 5.89 Å². The van der Waals surface area contributed by atoms with E-state index in [1.807, 2.05) is 24.3 Å². The van der Waals surface area contributed by atoms with E-state index in [0.29, 0.717) is 28.2 Å². The molecule has 0 saturated carbocycles. The van der Waals surface area contributed by atoms with Gasteiger partial charge in [0.1, 0.15) is 11.5 Å². The van der Waals surface area contributed by atoms with Gasteiger partial charge in [-0.15, -0.1) is 0 Å². The van der Waals surface area contributed by atoms with Gasteiger partial charge in [0.15, 0.2) is 6.61 Å². The third kappa shape index (κ3) is 4.98. The van der Waals surface area contributed by atoms with Gasteiger partial charge >= 0.3 is 0 Å². The summed E-state index contributed by atoms with van der Waals surface area (Å²) in [6, 6.07) is 14.2. The van der Waals surface area contributed by atoms with Crippen LogP contribution in [0.25, 0.3) is 11.4 Å². The molecule has 140 valence electrons. The second-order valence-corrected chi connectivity index (χ2v) is 6.18. The van der Waals surface area contributed by atoms with Crippen LogP contribution in [-0.4, -0.2) is 41.7 Å². The largest absolute Gasteiger partial charge is 0.497 e. The molecule has 0 spiro atoms. The molecule has 27 heavy (non-hydrogen) atoms. The SMILES string of the molecule is COc1cccc(-c2noc(CN(C)C(=O)COc3cccc(Cl)c3)n2)c1. The van der Waals surface area contributed by atoms with Crippen molar-refractivity contribution in [3.63, 3.8) is 0 Å². The summed E-state index contributed by atoms with van der Waals surface area (Å²) in [5.41, 5.74) is 0.766. The summed E-state index contributed by atoms with van der Waals surface area (Å²) < 4.78 is 15.9. The Morgan fingerprint density at radius 1 is 1.19 bits per heavy atom. The summed E-state index contributed by atoms with van der Waals surface area (Å²) >= 11 is 5.89. The second-order valence-electron chi connectivity index (χ2n) is 5.74. The molecule has 0 unspecified atom stereocenters.